The number of ether oxygens (including phenoxy) is 1. The van der Waals surface area contributed by atoms with Gasteiger partial charge in [0.1, 0.15) is 17.3 Å². The quantitative estimate of drug-likeness (QED) is 0.575. The Morgan fingerprint density at radius 2 is 1.93 bits per heavy atom. The normalized spacial score (nSPS) is 17.9. The third-order valence-corrected chi connectivity index (χ3v) is 6.90. The molecule has 0 unspecified atom stereocenters. The van der Waals surface area contributed by atoms with Gasteiger partial charge in [0.2, 0.25) is 0 Å². The second kappa shape index (κ2) is 9.48. The maximum absolute atomic E-state index is 13.2. The molecule has 2 heterocycles. The van der Waals surface area contributed by atoms with Gasteiger partial charge in [-0.2, -0.15) is 0 Å². The van der Waals surface area contributed by atoms with Gasteiger partial charge in [0.15, 0.2) is 9.84 Å². The van der Waals surface area contributed by atoms with Crippen LogP contribution in [0, 0.1) is 6.92 Å². The van der Waals surface area contributed by atoms with Crippen LogP contribution in [0.5, 0.6) is 5.75 Å². The Kier molecular flexibility index (Phi) is 7.00. The van der Waals surface area contributed by atoms with Gasteiger partial charge in [0.25, 0.3) is 5.91 Å². The van der Waals surface area contributed by atoms with E-state index in [1.54, 1.807) is 29.2 Å². The predicted molar refractivity (Wildman–Crippen MR) is 112 cm³/mol. The first-order valence-electron chi connectivity index (χ1n) is 10.2. The third-order valence-electron chi connectivity index (χ3n) is 5.15. The van der Waals surface area contributed by atoms with E-state index in [2.05, 4.69) is 6.92 Å². The molecule has 1 aliphatic rings. The number of amides is 1. The van der Waals surface area contributed by atoms with Crippen LogP contribution in [0.15, 0.2) is 40.8 Å². The van der Waals surface area contributed by atoms with Gasteiger partial charge in [-0.15, -0.1) is 0 Å². The van der Waals surface area contributed by atoms with Crippen LogP contribution in [0.3, 0.4) is 0 Å². The molecule has 1 fully saturated rings. The Bertz CT molecular complexity index is 917. The van der Waals surface area contributed by atoms with E-state index in [9.17, 15) is 13.2 Å². The Balaban J connectivity index is 1.73. The van der Waals surface area contributed by atoms with Gasteiger partial charge in [-0.1, -0.05) is 19.8 Å². The molecule has 0 aliphatic carbocycles. The molecule has 1 amide bonds. The van der Waals surface area contributed by atoms with Gasteiger partial charge in [0.05, 0.1) is 24.7 Å². The number of furan rings is 1. The predicted octanol–water partition coefficient (Wildman–Crippen LogP) is 3.99. The van der Waals surface area contributed by atoms with Crippen molar-refractivity contribution in [1.82, 2.24) is 4.90 Å². The van der Waals surface area contributed by atoms with Crippen molar-refractivity contribution < 1.29 is 22.4 Å². The number of rotatable bonds is 9. The van der Waals surface area contributed by atoms with Crippen LogP contribution in [0.25, 0.3) is 0 Å². The van der Waals surface area contributed by atoms with Gasteiger partial charge in [-0.25, -0.2) is 8.42 Å². The molecule has 158 valence electrons. The van der Waals surface area contributed by atoms with Crippen LogP contribution in [0.4, 0.5) is 0 Å². The monoisotopic (exact) mass is 419 g/mol. The highest BCUT2D eigenvalue weighted by Gasteiger charge is 2.35. The second-order valence-electron chi connectivity index (χ2n) is 7.58. The van der Waals surface area contributed by atoms with Crippen molar-refractivity contribution in [3.05, 3.63) is 53.5 Å². The molecule has 1 aliphatic heterocycles. The molecule has 29 heavy (non-hydrogen) atoms. The molecular formula is C22H29NO5S. The lowest BCUT2D eigenvalue weighted by atomic mass is 10.1. The van der Waals surface area contributed by atoms with Crippen molar-refractivity contribution in [2.75, 3.05) is 18.1 Å². The first-order valence-corrected chi connectivity index (χ1v) is 12.0. The molecule has 6 nitrogen and oxygen atoms in total. The van der Waals surface area contributed by atoms with Crippen molar-refractivity contribution >= 4 is 15.7 Å². The number of carbonyl (C=O) groups is 1. The van der Waals surface area contributed by atoms with E-state index in [4.69, 9.17) is 9.15 Å². The van der Waals surface area contributed by atoms with Crippen LogP contribution in [-0.4, -0.2) is 43.4 Å². The van der Waals surface area contributed by atoms with E-state index < -0.39 is 9.84 Å². The number of hydrogen-bond acceptors (Lipinski definition) is 5. The summed E-state index contributed by atoms with van der Waals surface area (Å²) in [4.78, 5) is 14.8. The summed E-state index contributed by atoms with van der Waals surface area (Å²) in [5, 5.41) is 0. The lowest BCUT2D eigenvalue weighted by molar-refractivity contribution is 0.0665. The average molecular weight is 420 g/mol. The fourth-order valence-corrected chi connectivity index (χ4v) is 5.26. The lowest BCUT2D eigenvalue weighted by Crippen LogP contribution is -2.40. The molecule has 0 bridgehead atoms. The van der Waals surface area contributed by atoms with E-state index in [0.717, 1.165) is 30.8 Å². The summed E-state index contributed by atoms with van der Waals surface area (Å²) >= 11 is 0. The number of benzene rings is 1. The molecule has 3 rings (SSSR count). The lowest BCUT2D eigenvalue weighted by Gasteiger charge is -2.27. The molecule has 7 heteroatoms. The van der Waals surface area contributed by atoms with Crippen LogP contribution < -0.4 is 4.74 Å². The van der Waals surface area contributed by atoms with Crippen LogP contribution in [0.1, 0.15) is 54.5 Å². The van der Waals surface area contributed by atoms with Gasteiger partial charge in [0, 0.05) is 11.6 Å². The first-order chi connectivity index (χ1) is 13.9. The van der Waals surface area contributed by atoms with Gasteiger partial charge in [-0.3, -0.25) is 4.79 Å². The summed E-state index contributed by atoms with van der Waals surface area (Å²) in [7, 11) is -3.11. The fraction of sp³-hybridized carbons (Fsp3) is 0.500. The van der Waals surface area contributed by atoms with E-state index in [-0.39, 0.29) is 30.0 Å². The fourth-order valence-electron chi connectivity index (χ4n) is 3.53. The highest BCUT2D eigenvalue weighted by Crippen LogP contribution is 2.24. The maximum Gasteiger partial charge on any atom is 0.254 e. The molecule has 2 aromatic rings. The smallest absolute Gasteiger partial charge is 0.254 e. The van der Waals surface area contributed by atoms with Crippen molar-refractivity contribution in [3.63, 3.8) is 0 Å². The summed E-state index contributed by atoms with van der Waals surface area (Å²) in [6, 6.07) is 10.4. The standard InChI is InChI=1S/C22H29NO5S/c1-3-4-5-13-27-20-10-7-18(8-11-20)22(24)23(15-21-9-6-17(2)28-21)19-12-14-29(25,26)16-19/h6-11,19H,3-5,12-16H2,1-2H3/t19-/m0/s1. The van der Waals surface area contributed by atoms with Crippen LogP contribution >= 0.6 is 0 Å². The SMILES string of the molecule is CCCCCOc1ccc(C(=O)N(Cc2ccc(C)o2)[C@H]2CCS(=O)(=O)C2)cc1. The minimum absolute atomic E-state index is 0.00292. The highest BCUT2D eigenvalue weighted by atomic mass is 32.2. The van der Waals surface area contributed by atoms with Crippen molar-refractivity contribution in [3.8, 4) is 5.75 Å². The number of hydrogen-bond donors (Lipinski definition) is 0. The number of carbonyl (C=O) groups excluding carboxylic acids is 1. The molecule has 1 aromatic carbocycles. The molecule has 0 spiro atoms. The summed E-state index contributed by atoms with van der Waals surface area (Å²) < 4.78 is 35.3. The number of sulfone groups is 1. The van der Waals surface area contributed by atoms with E-state index in [1.165, 1.54) is 0 Å². The number of aryl methyl sites for hydroxylation is 1. The zero-order valence-corrected chi connectivity index (χ0v) is 17.9. The molecular weight excluding hydrogens is 390 g/mol. The molecule has 0 saturated carbocycles. The summed E-state index contributed by atoms with van der Waals surface area (Å²) in [6.07, 6.45) is 3.72. The Morgan fingerprint density at radius 3 is 2.52 bits per heavy atom. The second-order valence-corrected chi connectivity index (χ2v) is 9.81. The summed E-state index contributed by atoms with van der Waals surface area (Å²) in [5.41, 5.74) is 0.512. The Labute approximate surface area is 172 Å². The zero-order valence-electron chi connectivity index (χ0n) is 17.1. The van der Waals surface area contributed by atoms with Crippen molar-refractivity contribution in [1.29, 1.82) is 0 Å². The molecule has 0 N–H and O–H groups in total. The molecule has 1 saturated heterocycles. The Morgan fingerprint density at radius 1 is 1.17 bits per heavy atom. The summed E-state index contributed by atoms with van der Waals surface area (Å²) in [6.45, 7) is 4.90. The average Bonchev–Trinajstić information content (AvgIpc) is 3.27. The Hall–Kier alpha value is -2.28. The minimum Gasteiger partial charge on any atom is -0.494 e. The first kappa shape index (κ1) is 21.4. The third kappa shape index (κ3) is 5.85. The van der Waals surface area contributed by atoms with Gasteiger partial charge < -0.3 is 14.1 Å². The largest absolute Gasteiger partial charge is 0.494 e. The maximum atomic E-state index is 13.2. The molecule has 1 atom stereocenters. The number of unbranched alkanes of at least 4 members (excludes halogenated alkanes) is 2. The molecule has 0 radical (unpaired) electrons. The highest BCUT2D eigenvalue weighted by molar-refractivity contribution is 7.91. The van der Waals surface area contributed by atoms with Crippen molar-refractivity contribution in [2.24, 2.45) is 0 Å². The zero-order chi connectivity index (χ0) is 20.9. The molecule has 1 aromatic heterocycles. The van der Waals surface area contributed by atoms with Gasteiger partial charge >= 0.3 is 0 Å². The van der Waals surface area contributed by atoms with E-state index >= 15 is 0 Å². The summed E-state index contributed by atoms with van der Waals surface area (Å²) in [5.74, 6) is 2.06. The minimum atomic E-state index is -3.11. The van der Waals surface area contributed by atoms with Crippen LogP contribution in [0.2, 0.25) is 0 Å². The number of nitrogens with zero attached hydrogens (tertiary/aromatic N) is 1. The topological polar surface area (TPSA) is 76.8 Å². The van der Waals surface area contributed by atoms with Gasteiger partial charge in [-0.05, 0) is 56.2 Å². The van der Waals surface area contributed by atoms with Crippen molar-refractivity contribution in [2.45, 2.75) is 52.1 Å². The van der Waals surface area contributed by atoms with E-state index in [0.29, 0.717) is 24.4 Å². The van der Waals surface area contributed by atoms with Crippen LogP contribution in [-0.2, 0) is 16.4 Å². The van der Waals surface area contributed by atoms with E-state index in [1.807, 2.05) is 19.1 Å².